The highest BCUT2D eigenvalue weighted by Crippen LogP contribution is 2.46. The van der Waals surface area contributed by atoms with Crippen molar-refractivity contribution in [3.05, 3.63) is 63.7 Å². The van der Waals surface area contributed by atoms with E-state index in [1.54, 1.807) is 30.3 Å². The number of benzene rings is 2. The van der Waals surface area contributed by atoms with Crippen molar-refractivity contribution in [2.75, 3.05) is 0 Å². The summed E-state index contributed by atoms with van der Waals surface area (Å²) >= 11 is 0. The molecule has 1 heterocycles. The number of ether oxygens (including phenoxy) is 1. The fraction of sp³-hybridized carbons (Fsp3) is 0.0769. The molecule has 18 heavy (non-hydrogen) atoms. The SMILES string of the molecule is O=[N+]([O-])c1cccc2c1C(O)c1ccccc1O2. The molecule has 0 spiro atoms. The van der Waals surface area contributed by atoms with Crippen LogP contribution >= 0.6 is 0 Å². The van der Waals surface area contributed by atoms with Gasteiger partial charge in [0, 0.05) is 11.6 Å². The van der Waals surface area contributed by atoms with Gasteiger partial charge in [-0.3, -0.25) is 10.1 Å². The maximum atomic E-state index is 11.0. The Kier molecular flexibility index (Phi) is 2.28. The number of nitro groups is 1. The third-order valence-corrected chi connectivity index (χ3v) is 2.95. The molecule has 1 aliphatic rings. The number of fused-ring (bicyclic) bond motifs is 2. The minimum atomic E-state index is -1.04. The molecular weight excluding hydrogens is 234 g/mol. The number of aliphatic hydroxyl groups excluding tert-OH is 1. The second kappa shape index (κ2) is 3.82. The lowest BCUT2D eigenvalue weighted by Gasteiger charge is -2.24. The largest absolute Gasteiger partial charge is 0.456 e. The molecular formula is C13H9NO4. The number of aliphatic hydroxyl groups is 1. The van der Waals surface area contributed by atoms with E-state index in [-0.39, 0.29) is 11.3 Å². The predicted octanol–water partition coefficient (Wildman–Crippen LogP) is 2.78. The monoisotopic (exact) mass is 243 g/mol. The summed E-state index contributed by atoms with van der Waals surface area (Å²) in [5, 5.41) is 21.2. The molecule has 1 atom stereocenters. The fourth-order valence-electron chi connectivity index (χ4n) is 2.13. The van der Waals surface area contributed by atoms with Crippen LogP contribution in [0.1, 0.15) is 17.2 Å². The van der Waals surface area contributed by atoms with Crippen LogP contribution in [0.15, 0.2) is 42.5 Å². The average Bonchev–Trinajstić information content (AvgIpc) is 2.38. The zero-order valence-electron chi connectivity index (χ0n) is 9.24. The van der Waals surface area contributed by atoms with Gasteiger partial charge in [-0.05, 0) is 12.1 Å². The van der Waals surface area contributed by atoms with Crippen LogP contribution in [-0.4, -0.2) is 10.0 Å². The molecule has 5 nitrogen and oxygen atoms in total. The molecule has 1 N–H and O–H groups in total. The number of rotatable bonds is 1. The molecule has 0 fully saturated rings. The Balaban J connectivity index is 2.23. The molecule has 2 aromatic carbocycles. The normalized spacial score (nSPS) is 16.4. The van der Waals surface area contributed by atoms with Crippen LogP contribution in [0, 0.1) is 10.1 Å². The lowest BCUT2D eigenvalue weighted by molar-refractivity contribution is -0.386. The van der Waals surface area contributed by atoms with Crippen LogP contribution in [0.3, 0.4) is 0 Å². The van der Waals surface area contributed by atoms with Crippen LogP contribution in [0.25, 0.3) is 0 Å². The summed E-state index contributed by atoms with van der Waals surface area (Å²) in [7, 11) is 0. The van der Waals surface area contributed by atoms with Gasteiger partial charge in [0.2, 0.25) is 0 Å². The van der Waals surface area contributed by atoms with Crippen molar-refractivity contribution in [2.45, 2.75) is 6.10 Å². The Labute approximate surface area is 102 Å². The van der Waals surface area contributed by atoms with Crippen molar-refractivity contribution < 1.29 is 14.8 Å². The molecule has 1 unspecified atom stereocenters. The molecule has 0 aliphatic carbocycles. The first-order valence-corrected chi connectivity index (χ1v) is 5.40. The van der Waals surface area contributed by atoms with E-state index in [1.807, 2.05) is 0 Å². The van der Waals surface area contributed by atoms with Crippen LogP contribution in [0.2, 0.25) is 0 Å². The number of nitro benzene ring substituents is 1. The summed E-state index contributed by atoms with van der Waals surface area (Å²) in [5.41, 5.74) is 0.620. The van der Waals surface area contributed by atoms with E-state index in [0.29, 0.717) is 17.1 Å². The zero-order valence-corrected chi connectivity index (χ0v) is 9.24. The number of para-hydroxylation sites is 1. The van der Waals surface area contributed by atoms with E-state index >= 15 is 0 Å². The average molecular weight is 243 g/mol. The Bertz CT molecular complexity index is 639. The highest BCUT2D eigenvalue weighted by Gasteiger charge is 2.32. The number of nitrogens with zero attached hydrogens (tertiary/aromatic N) is 1. The third kappa shape index (κ3) is 1.45. The number of hydrogen-bond donors (Lipinski definition) is 1. The topological polar surface area (TPSA) is 72.6 Å². The van der Waals surface area contributed by atoms with Gasteiger partial charge in [0.25, 0.3) is 5.69 Å². The van der Waals surface area contributed by atoms with Crippen molar-refractivity contribution in [1.82, 2.24) is 0 Å². The van der Waals surface area contributed by atoms with Gasteiger partial charge in [-0.25, -0.2) is 0 Å². The zero-order chi connectivity index (χ0) is 12.7. The van der Waals surface area contributed by atoms with Crippen LogP contribution in [0.5, 0.6) is 11.5 Å². The first-order chi connectivity index (χ1) is 8.68. The molecule has 5 heteroatoms. The molecule has 1 aliphatic heterocycles. The third-order valence-electron chi connectivity index (χ3n) is 2.95. The molecule has 2 aromatic rings. The highest BCUT2D eigenvalue weighted by atomic mass is 16.6. The summed E-state index contributed by atoms with van der Waals surface area (Å²) in [4.78, 5) is 10.5. The predicted molar refractivity (Wildman–Crippen MR) is 63.7 cm³/mol. The van der Waals surface area contributed by atoms with E-state index in [4.69, 9.17) is 4.74 Å². The van der Waals surface area contributed by atoms with Gasteiger partial charge in [0.05, 0.1) is 4.92 Å². The lowest BCUT2D eigenvalue weighted by Crippen LogP contribution is -2.11. The molecule has 90 valence electrons. The van der Waals surface area contributed by atoms with Gasteiger partial charge >= 0.3 is 0 Å². The summed E-state index contributed by atoms with van der Waals surface area (Å²) in [6.45, 7) is 0. The van der Waals surface area contributed by atoms with Gasteiger partial charge in [0.1, 0.15) is 23.2 Å². The van der Waals surface area contributed by atoms with E-state index in [9.17, 15) is 15.2 Å². The molecule has 0 amide bonds. The fourth-order valence-corrected chi connectivity index (χ4v) is 2.13. The maximum absolute atomic E-state index is 11.0. The summed E-state index contributed by atoms with van der Waals surface area (Å²) in [6.07, 6.45) is -1.04. The maximum Gasteiger partial charge on any atom is 0.279 e. The van der Waals surface area contributed by atoms with Crippen molar-refractivity contribution in [3.8, 4) is 11.5 Å². The lowest BCUT2D eigenvalue weighted by atomic mass is 9.96. The minimum Gasteiger partial charge on any atom is -0.456 e. The molecule has 3 rings (SSSR count). The second-order valence-electron chi connectivity index (χ2n) is 3.99. The van der Waals surface area contributed by atoms with E-state index in [2.05, 4.69) is 0 Å². The van der Waals surface area contributed by atoms with Gasteiger partial charge in [-0.1, -0.05) is 24.3 Å². The van der Waals surface area contributed by atoms with Crippen molar-refractivity contribution in [1.29, 1.82) is 0 Å². The summed E-state index contributed by atoms with van der Waals surface area (Å²) < 4.78 is 5.57. The van der Waals surface area contributed by atoms with Gasteiger partial charge in [-0.2, -0.15) is 0 Å². The first-order valence-electron chi connectivity index (χ1n) is 5.40. The summed E-state index contributed by atoms with van der Waals surface area (Å²) in [5.74, 6) is 0.855. The van der Waals surface area contributed by atoms with Gasteiger partial charge in [-0.15, -0.1) is 0 Å². The Morgan fingerprint density at radius 1 is 1.11 bits per heavy atom. The van der Waals surface area contributed by atoms with E-state index in [0.717, 1.165) is 0 Å². The van der Waals surface area contributed by atoms with Crippen LogP contribution < -0.4 is 4.74 Å². The van der Waals surface area contributed by atoms with Crippen molar-refractivity contribution in [2.24, 2.45) is 0 Å². The molecule has 0 saturated heterocycles. The Morgan fingerprint density at radius 3 is 2.61 bits per heavy atom. The molecule has 0 radical (unpaired) electrons. The quantitative estimate of drug-likeness (QED) is 0.617. The molecule has 0 aromatic heterocycles. The highest BCUT2D eigenvalue weighted by molar-refractivity contribution is 5.59. The van der Waals surface area contributed by atoms with Gasteiger partial charge < -0.3 is 9.84 Å². The second-order valence-corrected chi connectivity index (χ2v) is 3.99. The van der Waals surface area contributed by atoms with Gasteiger partial charge in [0.15, 0.2) is 0 Å². The Hall–Kier alpha value is -2.40. The standard InChI is InChI=1S/C13H9NO4/c15-13-8-4-1-2-6-10(8)18-11-7-3-5-9(12(11)13)14(16)17/h1-7,13,15H. The van der Waals surface area contributed by atoms with Crippen molar-refractivity contribution >= 4 is 5.69 Å². The Morgan fingerprint density at radius 2 is 1.83 bits per heavy atom. The summed E-state index contributed by atoms with van der Waals surface area (Å²) in [6, 6.07) is 11.5. The van der Waals surface area contributed by atoms with E-state index < -0.39 is 11.0 Å². The number of hydrogen-bond acceptors (Lipinski definition) is 4. The van der Waals surface area contributed by atoms with Crippen LogP contribution in [-0.2, 0) is 0 Å². The smallest absolute Gasteiger partial charge is 0.279 e. The first kappa shape index (κ1) is 10.7. The molecule has 0 saturated carbocycles. The minimum absolute atomic E-state index is 0.130. The molecule has 0 bridgehead atoms. The van der Waals surface area contributed by atoms with Crippen molar-refractivity contribution in [3.63, 3.8) is 0 Å². The van der Waals surface area contributed by atoms with Crippen LogP contribution in [0.4, 0.5) is 5.69 Å². The van der Waals surface area contributed by atoms with E-state index in [1.165, 1.54) is 12.1 Å².